The van der Waals surface area contributed by atoms with Crippen molar-refractivity contribution in [1.82, 2.24) is 0 Å². The fourth-order valence-corrected chi connectivity index (χ4v) is 2.72. The summed E-state index contributed by atoms with van der Waals surface area (Å²) in [5, 5.41) is 0. The van der Waals surface area contributed by atoms with Crippen molar-refractivity contribution in [3.05, 3.63) is 29.8 Å². The highest BCUT2D eigenvalue weighted by Crippen LogP contribution is 2.19. The standard InChI is InChI=1S/C10H11ClO4S2/c1-15-10(12)7-16-6-8-3-2-4-9(5-8)17(11,13)14/h2-5H,6-7H2,1H3. The highest BCUT2D eigenvalue weighted by Gasteiger charge is 2.10. The van der Waals surface area contributed by atoms with E-state index in [1.807, 2.05) is 0 Å². The summed E-state index contributed by atoms with van der Waals surface area (Å²) in [5.41, 5.74) is 0.792. The van der Waals surface area contributed by atoms with Crippen LogP contribution in [0, 0.1) is 0 Å². The van der Waals surface area contributed by atoms with Gasteiger partial charge in [-0.25, -0.2) is 8.42 Å². The molecule has 7 heteroatoms. The van der Waals surface area contributed by atoms with E-state index in [0.717, 1.165) is 5.56 Å². The van der Waals surface area contributed by atoms with Crippen LogP contribution in [0.1, 0.15) is 5.56 Å². The molecule has 0 aliphatic rings. The number of esters is 1. The normalized spacial score (nSPS) is 11.2. The van der Waals surface area contributed by atoms with Crippen molar-refractivity contribution in [2.75, 3.05) is 12.9 Å². The fraction of sp³-hybridized carbons (Fsp3) is 0.300. The van der Waals surface area contributed by atoms with E-state index in [1.54, 1.807) is 12.1 Å². The van der Waals surface area contributed by atoms with Crippen LogP contribution in [-0.4, -0.2) is 27.2 Å². The Bertz CT molecular complexity index is 499. The maximum atomic E-state index is 11.1. The number of ether oxygens (including phenoxy) is 1. The molecule has 4 nitrogen and oxygen atoms in total. The molecule has 0 aromatic heterocycles. The summed E-state index contributed by atoms with van der Waals surface area (Å²) in [7, 11) is 2.85. The van der Waals surface area contributed by atoms with E-state index in [9.17, 15) is 13.2 Å². The minimum atomic E-state index is -3.70. The van der Waals surface area contributed by atoms with Gasteiger partial charge in [0.25, 0.3) is 9.05 Å². The zero-order chi connectivity index (χ0) is 12.9. The van der Waals surface area contributed by atoms with Gasteiger partial charge in [0.15, 0.2) is 0 Å². The lowest BCUT2D eigenvalue weighted by molar-refractivity contribution is -0.137. The molecule has 0 spiro atoms. The maximum absolute atomic E-state index is 11.1. The molecular weight excluding hydrogens is 284 g/mol. The third-order valence-corrected chi connectivity index (χ3v) is 4.23. The molecular formula is C10H11ClO4S2. The van der Waals surface area contributed by atoms with Crippen molar-refractivity contribution in [1.29, 1.82) is 0 Å². The molecule has 0 aliphatic heterocycles. The second kappa shape index (κ2) is 6.28. The zero-order valence-corrected chi connectivity index (χ0v) is 11.4. The van der Waals surface area contributed by atoms with Crippen molar-refractivity contribution >= 4 is 37.5 Å². The first kappa shape index (κ1) is 14.3. The zero-order valence-electron chi connectivity index (χ0n) is 9.05. The molecule has 94 valence electrons. The topological polar surface area (TPSA) is 60.4 Å². The van der Waals surface area contributed by atoms with Crippen LogP contribution in [0.15, 0.2) is 29.2 Å². The van der Waals surface area contributed by atoms with Gasteiger partial charge in [0, 0.05) is 16.4 Å². The lowest BCUT2D eigenvalue weighted by Crippen LogP contribution is -2.03. The van der Waals surface area contributed by atoms with Crippen LogP contribution < -0.4 is 0 Å². The minimum absolute atomic E-state index is 0.0651. The number of halogens is 1. The first-order valence-electron chi connectivity index (χ1n) is 4.61. The lowest BCUT2D eigenvalue weighted by atomic mass is 10.2. The van der Waals surface area contributed by atoms with E-state index in [0.29, 0.717) is 5.75 Å². The van der Waals surface area contributed by atoms with Gasteiger partial charge in [-0.05, 0) is 17.7 Å². The minimum Gasteiger partial charge on any atom is -0.468 e. The Labute approximate surface area is 109 Å². The van der Waals surface area contributed by atoms with E-state index in [1.165, 1.54) is 31.0 Å². The Balaban J connectivity index is 2.64. The Morgan fingerprint density at radius 1 is 1.47 bits per heavy atom. The van der Waals surface area contributed by atoms with E-state index in [-0.39, 0.29) is 16.6 Å². The van der Waals surface area contributed by atoms with Gasteiger partial charge in [0.05, 0.1) is 17.8 Å². The Morgan fingerprint density at radius 3 is 2.76 bits per heavy atom. The number of carbonyl (C=O) groups is 1. The molecule has 0 atom stereocenters. The Hall–Kier alpha value is -0.720. The van der Waals surface area contributed by atoms with Crippen LogP contribution in [0.3, 0.4) is 0 Å². The smallest absolute Gasteiger partial charge is 0.315 e. The van der Waals surface area contributed by atoms with Crippen LogP contribution in [0.5, 0.6) is 0 Å². The highest BCUT2D eigenvalue weighted by atomic mass is 35.7. The number of thioether (sulfide) groups is 1. The van der Waals surface area contributed by atoms with Crippen molar-refractivity contribution in [2.24, 2.45) is 0 Å². The predicted octanol–water partition coefficient (Wildman–Crippen LogP) is 2.02. The number of rotatable bonds is 5. The SMILES string of the molecule is COC(=O)CSCc1cccc(S(=O)(=O)Cl)c1. The van der Waals surface area contributed by atoms with Gasteiger partial charge >= 0.3 is 5.97 Å². The van der Waals surface area contributed by atoms with Crippen molar-refractivity contribution < 1.29 is 17.9 Å². The molecule has 0 aliphatic carbocycles. The second-order valence-corrected chi connectivity index (χ2v) is 6.71. The number of carbonyl (C=O) groups excluding carboxylic acids is 1. The molecule has 0 bridgehead atoms. The number of hydrogen-bond donors (Lipinski definition) is 0. The summed E-state index contributed by atoms with van der Waals surface area (Å²) in [5.74, 6) is 0.445. The second-order valence-electron chi connectivity index (χ2n) is 3.15. The van der Waals surface area contributed by atoms with Crippen LogP contribution in [-0.2, 0) is 24.3 Å². The Morgan fingerprint density at radius 2 is 2.18 bits per heavy atom. The molecule has 0 saturated carbocycles. The number of methoxy groups -OCH3 is 1. The van der Waals surface area contributed by atoms with Crippen LogP contribution in [0.4, 0.5) is 0 Å². The van der Waals surface area contributed by atoms with E-state index >= 15 is 0 Å². The average molecular weight is 295 g/mol. The van der Waals surface area contributed by atoms with Crippen LogP contribution in [0.25, 0.3) is 0 Å². The molecule has 0 saturated heterocycles. The van der Waals surface area contributed by atoms with Gasteiger partial charge in [-0.2, -0.15) is 0 Å². The monoisotopic (exact) mass is 294 g/mol. The molecule has 0 heterocycles. The fourth-order valence-electron chi connectivity index (χ4n) is 1.10. The van der Waals surface area contributed by atoms with E-state index in [4.69, 9.17) is 10.7 Å². The van der Waals surface area contributed by atoms with Gasteiger partial charge < -0.3 is 4.74 Å². The summed E-state index contributed by atoms with van der Waals surface area (Å²) in [4.78, 5) is 10.9. The average Bonchev–Trinajstić information content (AvgIpc) is 2.28. The predicted molar refractivity (Wildman–Crippen MR) is 67.7 cm³/mol. The summed E-state index contributed by atoms with van der Waals surface area (Å²) < 4.78 is 26.7. The number of hydrogen-bond acceptors (Lipinski definition) is 5. The molecule has 1 aromatic rings. The lowest BCUT2D eigenvalue weighted by Gasteiger charge is -2.02. The molecule has 1 rings (SSSR count). The van der Waals surface area contributed by atoms with E-state index in [2.05, 4.69) is 4.74 Å². The molecule has 17 heavy (non-hydrogen) atoms. The Kier molecular flexibility index (Phi) is 5.30. The largest absolute Gasteiger partial charge is 0.468 e. The molecule has 0 unspecified atom stereocenters. The molecule has 0 N–H and O–H groups in total. The summed E-state index contributed by atoms with van der Waals surface area (Å²) in [6, 6.07) is 6.31. The number of benzene rings is 1. The first-order valence-corrected chi connectivity index (χ1v) is 8.08. The van der Waals surface area contributed by atoms with Crippen LogP contribution >= 0.6 is 22.4 Å². The summed E-state index contributed by atoms with van der Waals surface area (Å²) in [6.07, 6.45) is 0. The van der Waals surface area contributed by atoms with Crippen LogP contribution in [0.2, 0.25) is 0 Å². The van der Waals surface area contributed by atoms with Gasteiger partial charge in [0.1, 0.15) is 0 Å². The molecule has 1 aromatic carbocycles. The highest BCUT2D eigenvalue weighted by molar-refractivity contribution is 8.13. The van der Waals surface area contributed by atoms with Crippen molar-refractivity contribution in [2.45, 2.75) is 10.6 Å². The van der Waals surface area contributed by atoms with Gasteiger partial charge in [-0.3, -0.25) is 4.79 Å². The summed E-state index contributed by atoms with van der Waals surface area (Å²) in [6.45, 7) is 0. The van der Waals surface area contributed by atoms with Crippen molar-refractivity contribution in [3.63, 3.8) is 0 Å². The molecule has 0 radical (unpaired) electrons. The van der Waals surface area contributed by atoms with Gasteiger partial charge in [0.2, 0.25) is 0 Å². The third kappa shape index (κ3) is 4.97. The van der Waals surface area contributed by atoms with E-state index < -0.39 is 9.05 Å². The molecule has 0 amide bonds. The maximum Gasteiger partial charge on any atom is 0.315 e. The summed E-state index contributed by atoms with van der Waals surface area (Å²) >= 11 is 1.35. The third-order valence-electron chi connectivity index (χ3n) is 1.90. The van der Waals surface area contributed by atoms with Crippen molar-refractivity contribution in [3.8, 4) is 0 Å². The quantitative estimate of drug-likeness (QED) is 0.614. The first-order chi connectivity index (χ1) is 7.93. The van der Waals surface area contributed by atoms with Gasteiger partial charge in [-0.15, -0.1) is 11.8 Å². The molecule has 0 fully saturated rings. The van der Waals surface area contributed by atoms with Gasteiger partial charge in [-0.1, -0.05) is 12.1 Å².